The second-order valence-corrected chi connectivity index (χ2v) is 5.02. The van der Waals surface area contributed by atoms with Gasteiger partial charge in [-0.05, 0) is 25.2 Å². The molecule has 2 N–H and O–H groups in total. The monoisotopic (exact) mass is 256 g/mol. The number of nitrogens with one attached hydrogen (secondary N) is 1. The number of rotatable bonds is 5. The minimum atomic E-state index is -0.0493. The molecule has 5 heteroatoms. The molecule has 0 bridgehead atoms. The van der Waals surface area contributed by atoms with Crippen LogP contribution >= 0.6 is 0 Å². The average Bonchev–Trinajstić information content (AvgIpc) is 2.34. The first-order chi connectivity index (χ1) is 8.56. The van der Waals surface area contributed by atoms with Crippen molar-refractivity contribution in [2.45, 2.75) is 45.6 Å². The lowest BCUT2D eigenvalue weighted by Gasteiger charge is -2.38. The van der Waals surface area contributed by atoms with Crippen LogP contribution in [0.2, 0.25) is 0 Å². The molecule has 0 aliphatic carbocycles. The largest absolute Gasteiger partial charge is 0.396 e. The van der Waals surface area contributed by atoms with Crippen LogP contribution in [0.25, 0.3) is 0 Å². The maximum Gasteiger partial charge on any atom is 0.222 e. The van der Waals surface area contributed by atoms with E-state index in [0.29, 0.717) is 18.9 Å². The van der Waals surface area contributed by atoms with Gasteiger partial charge in [0.2, 0.25) is 11.8 Å². The molecule has 0 spiro atoms. The third kappa shape index (κ3) is 4.64. The first-order valence-electron chi connectivity index (χ1n) is 6.72. The Hall–Kier alpha value is -1.10. The molecule has 1 rings (SSSR count). The van der Waals surface area contributed by atoms with Crippen molar-refractivity contribution in [1.82, 2.24) is 10.2 Å². The lowest BCUT2D eigenvalue weighted by molar-refractivity contribution is -0.134. The summed E-state index contributed by atoms with van der Waals surface area (Å²) in [6, 6.07) is 0.0513. The number of carbonyl (C=O) groups excluding carboxylic acids is 2. The fourth-order valence-electron chi connectivity index (χ4n) is 2.61. The number of aliphatic hydroxyl groups excluding tert-OH is 1. The van der Waals surface area contributed by atoms with Crippen LogP contribution in [0.4, 0.5) is 0 Å². The van der Waals surface area contributed by atoms with Crippen molar-refractivity contribution in [1.29, 1.82) is 0 Å². The molecule has 5 nitrogen and oxygen atoms in total. The van der Waals surface area contributed by atoms with E-state index >= 15 is 0 Å². The molecule has 104 valence electrons. The second kappa shape index (κ2) is 7.36. The maximum atomic E-state index is 11.8. The molecule has 2 unspecified atom stereocenters. The van der Waals surface area contributed by atoms with E-state index in [0.717, 1.165) is 25.8 Å². The van der Waals surface area contributed by atoms with Crippen molar-refractivity contribution < 1.29 is 14.7 Å². The highest BCUT2D eigenvalue weighted by Gasteiger charge is 2.29. The van der Waals surface area contributed by atoms with E-state index in [-0.39, 0.29) is 24.5 Å². The molecule has 0 aromatic heterocycles. The summed E-state index contributed by atoms with van der Waals surface area (Å²) in [6.45, 7) is 4.91. The number of hydrogen-bond acceptors (Lipinski definition) is 3. The number of nitrogens with zero attached hydrogens (tertiary/aromatic N) is 1. The Morgan fingerprint density at radius 1 is 1.39 bits per heavy atom. The van der Waals surface area contributed by atoms with Gasteiger partial charge in [-0.1, -0.05) is 6.92 Å². The topological polar surface area (TPSA) is 69.6 Å². The molecule has 2 amide bonds. The van der Waals surface area contributed by atoms with E-state index in [4.69, 9.17) is 5.11 Å². The Balaban J connectivity index is 2.59. The van der Waals surface area contributed by atoms with Crippen LogP contribution < -0.4 is 5.32 Å². The van der Waals surface area contributed by atoms with Gasteiger partial charge in [-0.25, -0.2) is 0 Å². The Morgan fingerprint density at radius 2 is 2.11 bits per heavy atom. The van der Waals surface area contributed by atoms with Crippen LogP contribution in [0.15, 0.2) is 0 Å². The fraction of sp³-hybridized carbons (Fsp3) is 0.846. The summed E-state index contributed by atoms with van der Waals surface area (Å²) < 4.78 is 0. The minimum absolute atomic E-state index is 0.0493. The van der Waals surface area contributed by atoms with E-state index in [1.165, 1.54) is 6.92 Å². The molecule has 1 saturated heterocycles. The summed E-state index contributed by atoms with van der Waals surface area (Å²) in [6.07, 6.45) is 3.05. The number of amides is 2. The van der Waals surface area contributed by atoms with Crippen molar-refractivity contribution in [3.05, 3.63) is 0 Å². The molecular formula is C13H24N2O3. The molecule has 18 heavy (non-hydrogen) atoms. The van der Waals surface area contributed by atoms with Crippen LogP contribution in [0.1, 0.15) is 39.5 Å². The van der Waals surface area contributed by atoms with E-state index in [2.05, 4.69) is 5.32 Å². The molecule has 0 aromatic carbocycles. The molecule has 0 radical (unpaired) electrons. The zero-order chi connectivity index (χ0) is 13.5. The molecule has 0 aromatic rings. The minimum Gasteiger partial charge on any atom is -0.396 e. The Bertz CT molecular complexity index is 294. The van der Waals surface area contributed by atoms with Gasteiger partial charge in [0.1, 0.15) is 0 Å². The van der Waals surface area contributed by atoms with Crippen LogP contribution in [-0.2, 0) is 9.59 Å². The number of hydrogen-bond donors (Lipinski definition) is 2. The van der Waals surface area contributed by atoms with Crippen molar-refractivity contribution in [3.8, 4) is 0 Å². The first-order valence-corrected chi connectivity index (χ1v) is 6.72. The zero-order valence-electron chi connectivity index (χ0n) is 11.3. The standard InChI is InChI=1S/C13H24N2O3/c1-3-13(18)15-8-11(5-4-6-16)7-12(9-15)14-10(2)17/h11-12,16H,3-9H2,1-2H3,(H,14,17). The highest BCUT2D eigenvalue weighted by Crippen LogP contribution is 2.22. The lowest BCUT2D eigenvalue weighted by Crippen LogP contribution is -2.52. The van der Waals surface area contributed by atoms with Crippen molar-refractivity contribution in [3.63, 3.8) is 0 Å². The normalized spacial score (nSPS) is 23.8. The van der Waals surface area contributed by atoms with E-state index in [1.807, 2.05) is 11.8 Å². The lowest BCUT2D eigenvalue weighted by atomic mass is 9.90. The molecule has 2 atom stereocenters. The molecule has 0 saturated carbocycles. The van der Waals surface area contributed by atoms with E-state index in [9.17, 15) is 9.59 Å². The molecular weight excluding hydrogens is 232 g/mol. The van der Waals surface area contributed by atoms with Gasteiger partial charge in [0, 0.05) is 39.1 Å². The summed E-state index contributed by atoms with van der Waals surface area (Å²) in [5, 5.41) is 11.8. The van der Waals surface area contributed by atoms with Gasteiger partial charge in [-0.2, -0.15) is 0 Å². The fourth-order valence-corrected chi connectivity index (χ4v) is 2.61. The summed E-state index contributed by atoms with van der Waals surface area (Å²) in [4.78, 5) is 24.7. The number of aliphatic hydroxyl groups is 1. The second-order valence-electron chi connectivity index (χ2n) is 5.02. The first kappa shape index (κ1) is 15.0. The highest BCUT2D eigenvalue weighted by molar-refractivity contribution is 5.76. The van der Waals surface area contributed by atoms with Crippen molar-refractivity contribution >= 4 is 11.8 Å². The molecule has 1 aliphatic heterocycles. The summed E-state index contributed by atoms with van der Waals surface area (Å²) in [7, 11) is 0. The molecule has 1 aliphatic rings. The quantitative estimate of drug-likeness (QED) is 0.753. The Labute approximate surface area is 109 Å². The van der Waals surface area contributed by atoms with Gasteiger partial charge in [-0.3, -0.25) is 9.59 Å². The van der Waals surface area contributed by atoms with Crippen molar-refractivity contribution in [2.75, 3.05) is 19.7 Å². The smallest absolute Gasteiger partial charge is 0.222 e. The van der Waals surface area contributed by atoms with E-state index < -0.39 is 0 Å². The van der Waals surface area contributed by atoms with Gasteiger partial charge in [0.25, 0.3) is 0 Å². The summed E-state index contributed by atoms with van der Waals surface area (Å²) >= 11 is 0. The molecule has 1 fully saturated rings. The average molecular weight is 256 g/mol. The predicted octanol–water partition coefficient (Wildman–Crippen LogP) is 0.522. The van der Waals surface area contributed by atoms with Gasteiger partial charge in [-0.15, -0.1) is 0 Å². The zero-order valence-corrected chi connectivity index (χ0v) is 11.3. The maximum absolute atomic E-state index is 11.8. The van der Waals surface area contributed by atoms with Gasteiger partial charge in [0.15, 0.2) is 0 Å². The molecule has 1 heterocycles. The third-order valence-corrected chi connectivity index (χ3v) is 3.37. The van der Waals surface area contributed by atoms with Crippen LogP contribution in [0, 0.1) is 5.92 Å². The Morgan fingerprint density at radius 3 is 2.67 bits per heavy atom. The van der Waals surface area contributed by atoms with E-state index in [1.54, 1.807) is 0 Å². The van der Waals surface area contributed by atoms with Crippen LogP contribution in [0.5, 0.6) is 0 Å². The highest BCUT2D eigenvalue weighted by atomic mass is 16.3. The predicted molar refractivity (Wildman–Crippen MR) is 68.9 cm³/mol. The number of likely N-dealkylation sites (tertiary alicyclic amines) is 1. The van der Waals surface area contributed by atoms with Crippen molar-refractivity contribution in [2.24, 2.45) is 5.92 Å². The number of piperidine rings is 1. The van der Waals surface area contributed by atoms with Crippen LogP contribution in [-0.4, -0.2) is 47.6 Å². The summed E-state index contributed by atoms with van der Waals surface area (Å²) in [5.41, 5.74) is 0. The SMILES string of the molecule is CCC(=O)N1CC(CCCO)CC(NC(C)=O)C1. The third-order valence-electron chi connectivity index (χ3n) is 3.37. The van der Waals surface area contributed by atoms with Gasteiger partial charge < -0.3 is 15.3 Å². The van der Waals surface area contributed by atoms with Crippen LogP contribution in [0.3, 0.4) is 0 Å². The van der Waals surface area contributed by atoms with Gasteiger partial charge in [0.05, 0.1) is 0 Å². The Kier molecular flexibility index (Phi) is 6.12. The number of carbonyl (C=O) groups is 2. The summed E-state index contributed by atoms with van der Waals surface area (Å²) in [5.74, 6) is 0.462. The van der Waals surface area contributed by atoms with Gasteiger partial charge >= 0.3 is 0 Å².